The molecule has 0 amide bonds. The van der Waals surface area contributed by atoms with Crippen LogP contribution in [0.2, 0.25) is 0 Å². The van der Waals surface area contributed by atoms with Gasteiger partial charge in [0.2, 0.25) is 5.78 Å². The van der Waals surface area contributed by atoms with Gasteiger partial charge in [-0.1, -0.05) is 0 Å². The largest absolute Gasteiger partial charge is 0.550 e. The van der Waals surface area contributed by atoms with E-state index in [1.807, 2.05) is 0 Å². The Balaban J connectivity index is 3.31. The Morgan fingerprint density at radius 2 is 1.59 bits per heavy atom. The third-order valence-corrected chi connectivity index (χ3v) is 2.93. The van der Waals surface area contributed by atoms with Gasteiger partial charge in [0, 0.05) is 18.0 Å². The van der Waals surface area contributed by atoms with Crippen LogP contribution in [0.1, 0.15) is 16.8 Å². The van der Waals surface area contributed by atoms with Crippen molar-refractivity contribution in [3.63, 3.8) is 0 Å². The van der Waals surface area contributed by atoms with Gasteiger partial charge in [-0.15, -0.1) is 0 Å². The predicted octanol–water partition coefficient (Wildman–Crippen LogP) is -1.44. The summed E-state index contributed by atoms with van der Waals surface area (Å²) in [5, 5.41) is 49.5. The lowest BCUT2D eigenvalue weighted by atomic mass is 9.88. The summed E-state index contributed by atoms with van der Waals surface area (Å²) in [4.78, 5) is 23.3. The Kier molecular flexibility index (Phi) is 4.69. The number of likely N-dealkylation sites (N-methyl/N-ethyl adjacent to an activating group) is 1. The van der Waals surface area contributed by atoms with Crippen molar-refractivity contribution in [2.45, 2.75) is 12.0 Å². The zero-order chi connectivity index (χ0) is 17.3. The fraction of sp³-hybridized carbons (Fsp3) is 0.429. The van der Waals surface area contributed by atoms with Crippen LogP contribution < -0.4 is 5.11 Å². The van der Waals surface area contributed by atoms with Crippen LogP contribution in [0.25, 0.3) is 0 Å². The standard InChI is InChI=1S/C14H19NO7/c1-15(2,3)7-14(22,6-11(18)19)13(21)8-4-9(16)12(20)10(17)5-8/h4-5,22H,6-7H2,1-3H3,(H3-,16,17,18,19,20,21). The summed E-state index contributed by atoms with van der Waals surface area (Å²) in [7, 11) is 4.96. The molecule has 0 fully saturated rings. The molecule has 8 heteroatoms. The number of carbonyl (C=O) groups excluding carboxylic acids is 2. The van der Waals surface area contributed by atoms with E-state index in [2.05, 4.69) is 0 Å². The molecule has 0 saturated carbocycles. The second-order valence-electron chi connectivity index (χ2n) is 6.22. The number of Topliss-reactive ketones (excluding diaryl/α,β-unsaturated/α-hetero) is 1. The van der Waals surface area contributed by atoms with Gasteiger partial charge in [0.1, 0.15) is 6.54 Å². The molecule has 1 unspecified atom stereocenters. The minimum Gasteiger partial charge on any atom is -0.550 e. The Labute approximate surface area is 127 Å². The zero-order valence-corrected chi connectivity index (χ0v) is 12.5. The molecule has 0 aliphatic heterocycles. The molecule has 1 aromatic rings. The van der Waals surface area contributed by atoms with Gasteiger partial charge in [0.25, 0.3) is 0 Å². The number of aromatic hydroxyl groups is 3. The molecule has 122 valence electrons. The van der Waals surface area contributed by atoms with Crippen LogP contribution in [-0.4, -0.2) is 70.0 Å². The minimum absolute atomic E-state index is 0.0889. The summed E-state index contributed by atoms with van der Waals surface area (Å²) in [6.07, 6.45) is -0.941. The first-order chi connectivity index (χ1) is 9.85. The van der Waals surface area contributed by atoms with Crippen molar-refractivity contribution >= 4 is 11.8 Å². The number of carbonyl (C=O) groups is 2. The van der Waals surface area contributed by atoms with E-state index in [1.165, 1.54) is 0 Å². The van der Waals surface area contributed by atoms with Gasteiger partial charge in [-0.3, -0.25) is 4.79 Å². The molecule has 0 bridgehead atoms. The predicted molar refractivity (Wildman–Crippen MR) is 73.2 cm³/mol. The molecule has 0 spiro atoms. The van der Waals surface area contributed by atoms with Crippen LogP contribution in [0, 0.1) is 0 Å². The molecule has 0 saturated heterocycles. The number of rotatable bonds is 6. The molecule has 0 aliphatic carbocycles. The van der Waals surface area contributed by atoms with Gasteiger partial charge in [-0.05, 0) is 12.1 Å². The van der Waals surface area contributed by atoms with Gasteiger partial charge in [-0.25, -0.2) is 0 Å². The van der Waals surface area contributed by atoms with Crippen LogP contribution >= 0.6 is 0 Å². The first kappa shape index (κ1) is 17.7. The molecule has 0 heterocycles. The SMILES string of the molecule is C[N+](C)(C)CC(O)(CC(=O)[O-])C(=O)c1cc(O)c(O)c(O)c1. The van der Waals surface area contributed by atoms with E-state index in [0.29, 0.717) is 0 Å². The number of nitrogens with zero attached hydrogens (tertiary/aromatic N) is 1. The lowest BCUT2D eigenvalue weighted by molar-refractivity contribution is -0.875. The first-order valence-corrected chi connectivity index (χ1v) is 6.38. The van der Waals surface area contributed by atoms with Gasteiger partial charge >= 0.3 is 0 Å². The number of benzene rings is 1. The molecule has 0 aromatic heterocycles. The van der Waals surface area contributed by atoms with Crippen LogP contribution in [0.15, 0.2) is 12.1 Å². The van der Waals surface area contributed by atoms with Crippen molar-refractivity contribution in [3.8, 4) is 17.2 Å². The fourth-order valence-corrected chi connectivity index (χ4v) is 2.24. The number of hydrogen-bond acceptors (Lipinski definition) is 7. The summed E-state index contributed by atoms with van der Waals surface area (Å²) in [6, 6.07) is 1.68. The van der Waals surface area contributed by atoms with E-state index >= 15 is 0 Å². The van der Waals surface area contributed by atoms with Crippen LogP contribution in [-0.2, 0) is 4.79 Å². The summed E-state index contributed by atoms with van der Waals surface area (Å²) in [5.41, 5.74) is -2.61. The van der Waals surface area contributed by atoms with Gasteiger partial charge in [0.05, 0.1) is 21.1 Å². The highest BCUT2D eigenvalue weighted by molar-refractivity contribution is 6.04. The van der Waals surface area contributed by atoms with Crippen LogP contribution in [0.3, 0.4) is 0 Å². The van der Waals surface area contributed by atoms with Gasteiger partial charge in [0.15, 0.2) is 22.8 Å². The molecule has 1 rings (SSSR count). The molecule has 1 atom stereocenters. The fourth-order valence-electron chi connectivity index (χ4n) is 2.24. The van der Waals surface area contributed by atoms with Crippen molar-refractivity contribution in [2.24, 2.45) is 0 Å². The summed E-state index contributed by atoms with van der Waals surface area (Å²) in [5.74, 6) is -4.95. The number of aliphatic carboxylic acids is 1. The number of carboxylic acids is 1. The molecule has 8 nitrogen and oxygen atoms in total. The number of carboxylic acid groups (broad SMARTS) is 1. The maximum atomic E-state index is 12.4. The third-order valence-electron chi connectivity index (χ3n) is 2.93. The van der Waals surface area contributed by atoms with Gasteiger partial charge < -0.3 is 34.8 Å². The second-order valence-corrected chi connectivity index (χ2v) is 6.22. The van der Waals surface area contributed by atoms with Crippen molar-refractivity contribution in [1.29, 1.82) is 0 Å². The molecule has 0 aliphatic rings. The minimum atomic E-state index is -2.28. The number of phenols is 3. The van der Waals surface area contributed by atoms with Crippen molar-refractivity contribution in [3.05, 3.63) is 17.7 Å². The molecular weight excluding hydrogens is 294 g/mol. The summed E-state index contributed by atoms with van der Waals surface area (Å²) < 4.78 is 0.0889. The highest BCUT2D eigenvalue weighted by atomic mass is 16.4. The normalized spacial score (nSPS) is 14.4. The molecule has 1 aromatic carbocycles. The van der Waals surface area contributed by atoms with Crippen molar-refractivity contribution in [2.75, 3.05) is 27.7 Å². The third kappa shape index (κ3) is 4.09. The number of phenolic OH excluding ortho intramolecular Hbond substituents is 3. The topological polar surface area (TPSA) is 138 Å². The number of quaternary nitrogens is 1. The first-order valence-electron chi connectivity index (χ1n) is 6.38. The van der Waals surface area contributed by atoms with E-state index in [4.69, 9.17) is 0 Å². The lowest BCUT2D eigenvalue weighted by Gasteiger charge is -2.34. The highest BCUT2D eigenvalue weighted by Crippen LogP contribution is 2.36. The van der Waals surface area contributed by atoms with E-state index in [9.17, 15) is 35.1 Å². The van der Waals surface area contributed by atoms with E-state index in [-0.39, 0.29) is 16.6 Å². The number of ketones is 1. The Morgan fingerprint density at radius 1 is 1.14 bits per heavy atom. The lowest BCUT2D eigenvalue weighted by Crippen LogP contribution is -2.56. The van der Waals surface area contributed by atoms with E-state index in [1.54, 1.807) is 21.1 Å². The average Bonchev–Trinajstić information content (AvgIpc) is 2.30. The smallest absolute Gasteiger partial charge is 0.200 e. The molecule has 0 radical (unpaired) electrons. The highest BCUT2D eigenvalue weighted by Gasteiger charge is 2.42. The van der Waals surface area contributed by atoms with Crippen molar-refractivity contribution in [1.82, 2.24) is 0 Å². The van der Waals surface area contributed by atoms with Crippen LogP contribution in [0.5, 0.6) is 17.2 Å². The quantitative estimate of drug-likeness (QED) is 0.287. The Morgan fingerprint density at radius 3 is 1.95 bits per heavy atom. The molecular formula is C14H19NO7. The van der Waals surface area contributed by atoms with Crippen molar-refractivity contribution < 1.29 is 39.6 Å². The van der Waals surface area contributed by atoms with Crippen LogP contribution in [0.4, 0.5) is 0 Å². The average molecular weight is 313 g/mol. The number of hydrogen-bond donors (Lipinski definition) is 4. The van der Waals surface area contributed by atoms with E-state index < -0.39 is 41.0 Å². The number of aliphatic hydroxyl groups is 1. The summed E-state index contributed by atoms with van der Waals surface area (Å²) >= 11 is 0. The molecule has 4 N–H and O–H groups in total. The maximum Gasteiger partial charge on any atom is 0.200 e. The molecule has 22 heavy (non-hydrogen) atoms. The van der Waals surface area contributed by atoms with E-state index in [0.717, 1.165) is 12.1 Å². The summed E-state index contributed by atoms with van der Waals surface area (Å²) in [6.45, 7) is -0.234. The van der Waals surface area contributed by atoms with Gasteiger partial charge in [-0.2, -0.15) is 0 Å². The Bertz CT molecular complexity index is 583. The maximum absolute atomic E-state index is 12.4. The second kappa shape index (κ2) is 5.82. The Hall–Kier alpha value is -2.32. The monoisotopic (exact) mass is 313 g/mol. The zero-order valence-electron chi connectivity index (χ0n) is 12.5.